The molecule has 4 nitrogen and oxygen atoms in total. The predicted octanol–water partition coefficient (Wildman–Crippen LogP) is 2.51. The first-order valence-electron chi connectivity index (χ1n) is 5.10. The molecule has 2 N–H and O–H groups in total. The van der Waals surface area contributed by atoms with E-state index in [1.807, 2.05) is 17.5 Å². The molecule has 0 aromatic carbocycles. The van der Waals surface area contributed by atoms with Gasteiger partial charge < -0.3 is 10.2 Å². The van der Waals surface area contributed by atoms with Gasteiger partial charge in [-0.25, -0.2) is 4.98 Å². The van der Waals surface area contributed by atoms with Crippen molar-refractivity contribution in [2.45, 2.75) is 12.2 Å². The van der Waals surface area contributed by atoms with Crippen molar-refractivity contribution in [3.8, 4) is 10.8 Å². The lowest BCUT2D eigenvalue weighted by Gasteiger charge is -1.96. The Labute approximate surface area is 107 Å². The first-order valence-corrected chi connectivity index (χ1v) is 7.13. The third-order valence-electron chi connectivity index (χ3n) is 2.03. The second-order valence-electron chi connectivity index (χ2n) is 3.39. The monoisotopic (exact) mass is 268 g/mol. The first-order chi connectivity index (χ1) is 8.25. The predicted molar refractivity (Wildman–Crippen MR) is 69.8 cm³/mol. The Morgan fingerprint density at radius 1 is 1.59 bits per heavy atom. The van der Waals surface area contributed by atoms with Crippen LogP contribution in [-0.4, -0.2) is 16.6 Å². The number of nitrogens with two attached hydrogens (primary N) is 1. The largest absolute Gasteiger partial charge is 0.462 e. The quantitative estimate of drug-likeness (QED) is 0.817. The molecule has 90 valence electrons. The minimum atomic E-state index is -0.257. The number of hydrogen-bond acceptors (Lipinski definition) is 5. The third-order valence-corrected chi connectivity index (χ3v) is 3.92. The van der Waals surface area contributed by atoms with E-state index in [1.165, 1.54) is 0 Å². The highest BCUT2D eigenvalue weighted by Gasteiger charge is 2.06. The molecular weight excluding hydrogens is 256 g/mol. The van der Waals surface area contributed by atoms with Crippen molar-refractivity contribution in [3.05, 3.63) is 29.5 Å². The molecule has 0 atom stereocenters. The van der Waals surface area contributed by atoms with Crippen molar-refractivity contribution in [2.75, 3.05) is 5.75 Å². The van der Waals surface area contributed by atoms with Crippen LogP contribution in [-0.2, 0) is 10.5 Å². The number of primary amides is 1. The number of nitrogens with zero attached hydrogens (tertiary/aromatic N) is 1. The molecule has 6 heteroatoms. The van der Waals surface area contributed by atoms with E-state index in [0.29, 0.717) is 6.42 Å². The molecule has 2 aromatic rings. The van der Waals surface area contributed by atoms with Crippen molar-refractivity contribution in [1.82, 2.24) is 4.98 Å². The minimum absolute atomic E-state index is 0.257. The van der Waals surface area contributed by atoms with E-state index in [0.717, 1.165) is 28.0 Å². The van der Waals surface area contributed by atoms with Gasteiger partial charge >= 0.3 is 0 Å². The summed E-state index contributed by atoms with van der Waals surface area (Å²) in [7, 11) is 0. The van der Waals surface area contributed by atoms with Gasteiger partial charge in [0.2, 0.25) is 5.91 Å². The van der Waals surface area contributed by atoms with Gasteiger partial charge in [0.25, 0.3) is 0 Å². The van der Waals surface area contributed by atoms with E-state index in [1.54, 1.807) is 29.4 Å². The van der Waals surface area contributed by atoms with Crippen LogP contribution >= 0.6 is 23.1 Å². The molecule has 2 rings (SSSR count). The summed E-state index contributed by atoms with van der Waals surface area (Å²) in [4.78, 5) is 15.0. The first kappa shape index (κ1) is 12.2. The number of carbonyl (C=O) groups excluding carboxylic acids is 1. The molecule has 0 saturated heterocycles. The van der Waals surface area contributed by atoms with E-state index >= 15 is 0 Å². The van der Waals surface area contributed by atoms with Gasteiger partial charge in [0.05, 0.1) is 12.0 Å². The van der Waals surface area contributed by atoms with Gasteiger partial charge in [-0.1, -0.05) is 0 Å². The second-order valence-corrected chi connectivity index (χ2v) is 5.35. The van der Waals surface area contributed by atoms with E-state index in [2.05, 4.69) is 4.98 Å². The molecule has 0 aliphatic carbocycles. The summed E-state index contributed by atoms with van der Waals surface area (Å²) in [5, 5.41) is 2.90. The second kappa shape index (κ2) is 5.88. The van der Waals surface area contributed by atoms with Gasteiger partial charge in [-0.3, -0.25) is 4.79 Å². The maximum Gasteiger partial charge on any atom is 0.218 e. The van der Waals surface area contributed by atoms with Crippen LogP contribution in [0.1, 0.15) is 12.1 Å². The molecule has 0 radical (unpaired) electrons. The average molecular weight is 268 g/mol. The van der Waals surface area contributed by atoms with E-state index in [-0.39, 0.29) is 5.91 Å². The number of amides is 1. The number of furan rings is 1. The molecule has 0 aliphatic rings. The maximum absolute atomic E-state index is 10.6. The summed E-state index contributed by atoms with van der Waals surface area (Å²) in [5.41, 5.74) is 6.07. The number of carbonyl (C=O) groups is 1. The number of thiazole rings is 1. The third kappa shape index (κ3) is 3.61. The van der Waals surface area contributed by atoms with Crippen molar-refractivity contribution in [1.29, 1.82) is 0 Å². The number of hydrogen-bond donors (Lipinski definition) is 1. The molecule has 0 spiro atoms. The van der Waals surface area contributed by atoms with Gasteiger partial charge in [-0.2, -0.15) is 11.8 Å². The Kier molecular flexibility index (Phi) is 4.22. The summed E-state index contributed by atoms with van der Waals surface area (Å²) in [6.45, 7) is 0. The minimum Gasteiger partial charge on any atom is -0.462 e. The molecule has 17 heavy (non-hydrogen) atoms. The average Bonchev–Trinajstić information content (AvgIpc) is 2.94. The highest BCUT2D eigenvalue weighted by molar-refractivity contribution is 7.98. The SMILES string of the molecule is NC(=O)CCSCc1csc(-c2ccco2)n1. The maximum atomic E-state index is 10.6. The van der Waals surface area contributed by atoms with Gasteiger partial charge in [-0.15, -0.1) is 11.3 Å². The van der Waals surface area contributed by atoms with Crippen molar-refractivity contribution < 1.29 is 9.21 Å². The molecular formula is C11H12N2O2S2. The van der Waals surface area contributed by atoms with Crippen LogP contribution in [0.5, 0.6) is 0 Å². The lowest BCUT2D eigenvalue weighted by molar-refractivity contribution is -0.117. The fourth-order valence-corrected chi connectivity index (χ4v) is 2.97. The summed E-state index contributed by atoms with van der Waals surface area (Å²) >= 11 is 3.22. The molecule has 0 saturated carbocycles. The van der Waals surface area contributed by atoms with Crippen LogP contribution in [0.3, 0.4) is 0 Å². The van der Waals surface area contributed by atoms with Gasteiger partial charge in [0.15, 0.2) is 10.8 Å². The van der Waals surface area contributed by atoms with Crippen LogP contribution in [0, 0.1) is 0 Å². The number of thioether (sulfide) groups is 1. The van der Waals surface area contributed by atoms with E-state index < -0.39 is 0 Å². The molecule has 1 amide bonds. The fraction of sp³-hybridized carbons (Fsp3) is 0.273. The normalized spacial score (nSPS) is 10.6. The molecule has 2 heterocycles. The zero-order valence-electron chi connectivity index (χ0n) is 9.09. The Bertz CT molecular complexity index is 479. The zero-order valence-corrected chi connectivity index (χ0v) is 10.7. The summed E-state index contributed by atoms with van der Waals surface area (Å²) in [6, 6.07) is 3.74. The smallest absolute Gasteiger partial charge is 0.218 e. The highest BCUT2D eigenvalue weighted by atomic mass is 32.2. The molecule has 0 unspecified atom stereocenters. The standard InChI is InChI=1S/C11H12N2O2S2/c12-10(14)3-5-16-6-8-7-17-11(13-8)9-2-1-4-15-9/h1-2,4,7H,3,5-6H2,(H2,12,14). The van der Waals surface area contributed by atoms with Crippen molar-refractivity contribution >= 4 is 29.0 Å². The van der Waals surface area contributed by atoms with E-state index in [9.17, 15) is 4.79 Å². The highest BCUT2D eigenvalue weighted by Crippen LogP contribution is 2.25. The zero-order chi connectivity index (χ0) is 12.1. The Balaban J connectivity index is 1.84. The lowest BCUT2D eigenvalue weighted by atomic mass is 10.5. The lowest BCUT2D eigenvalue weighted by Crippen LogP contribution is -2.10. The summed E-state index contributed by atoms with van der Waals surface area (Å²) in [5.74, 6) is 2.07. The van der Waals surface area contributed by atoms with Gasteiger partial charge in [0, 0.05) is 23.3 Å². The Hall–Kier alpha value is -1.27. The number of aromatic nitrogens is 1. The van der Waals surface area contributed by atoms with Crippen LogP contribution in [0.2, 0.25) is 0 Å². The van der Waals surface area contributed by atoms with Gasteiger partial charge in [0.1, 0.15) is 0 Å². The fourth-order valence-electron chi connectivity index (χ4n) is 1.24. The van der Waals surface area contributed by atoms with Crippen LogP contribution < -0.4 is 5.73 Å². The number of rotatable bonds is 6. The van der Waals surface area contributed by atoms with Gasteiger partial charge in [-0.05, 0) is 12.1 Å². The van der Waals surface area contributed by atoms with Crippen LogP contribution in [0.25, 0.3) is 10.8 Å². The summed E-state index contributed by atoms with van der Waals surface area (Å²) in [6.07, 6.45) is 2.05. The Morgan fingerprint density at radius 3 is 3.18 bits per heavy atom. The van der Waals surface area contributed by atoms with Crippen LogP contribution in [0.15, 0.2) is 28.2 Å². The molecule has 0 bridgehead atoms. The van der Waals surface area contributed by atoms with E-state index in [4.69, 9.17) is 10.2 Å². The van der Waals surface area contributed by atoms with Crippen molar-refractivity contribution in [3.63, 3.8) is 0 Å². The molecule has 0 fully saturated rings. The Morgan fingerprint density at radius 2 is 2.47 bits per heavy atom. The summed E-state index contributed by atoms with van der Waals surface area (Å²) < 4.78 is 5.27. The molecule has 0 aliphatic heterocycles. The van der Waals surface area contributed by atoms with Crippen molar-refractivity contribution in [2.24, 2.45) is 5.73 Å². The van der Waals surface area contributed by atoms with Crippen LogP contribution in [0.4, 0.5) is 0 Å². The molecule has 2 aromatic heterocycles. The topological polar surface area (TPSA) is 69.1 Å².